The number of nitrogens with one attached hydrogen (secondary N) is 1. The minimum atomic E-state index is -1.35. The van der Waals surface area contributed by atoms with Crippen LogP contribution in [0.2, 0.25) is 10.0 Å². The number of hydrogen-bond acceptors (Lipinski definition) is 6. The van der Waals surface area contributed by atoms with E-state index >= 15 is 0 Å². The molecule has 0 unspecified atom stereocenters. The number of carbonyl (C=O) groups excluding carboxylic acids is 3. The van der Waals surface area contributed by atoms with Crippen LogP contribution in [0.5, 0.6) is 5.75 Å². The maximum absolute atomic E-state index is 13.0. The fourth-order valence-electron chi connectivity index (χ4n) is 2.60. The van der Waals surface area contributed by atoms with Crippen LogP contribution in [0.15, 0.2) is 48.0 Å². The quantitative estimate of drug-likeness (QED) is 0.415. The molecule has 0 spiro atoms. The molecule has 2 aromatic rings. The number of ether oxygens (including phenoxy) is 1. The van der Waals surface area contributed by atoms with Gasteiger partial charge in [0.15, 0.2) is 5.11 Å². The first-order valence-electron chi connectivity index (χ1n) is 8.52. The van der Waals surface area contributed by atoms with Crippen molar-refractivity contribution in [1.29, 1.82) is 0 Å². The van der Waals surface area contributed by atoms with Gasteiger partial charge in [-0.05, 0) is 55.0 Å². The first-order chi connectivity index (χ1) is 14.2. The highest BCUT2D eigenvalue weighted by Crippen LogP contribution is 2.34. The van der Waals surface area contributed by atoms with Gasteiger partial charge in [-0.3, -0.25) is 19.8 Å². The lowest BCUT2D eigenvalue weighted by Gasteiger charge is -2.29. The highest BCUT2D eigenvalue weighted by atomic mass is 35.5. The number of thiocarbonyl (C=S) groups is 1. The summed E-state index contributed by atoms with van der Waals surface area (Å²) in [5, 5.41) is 13.5. The Kier molecular flexibility index (Phi) is 6.40. The number of aliphatic carboxylic acids is 1. The first kappa shape index (κ1) is 21.8. The number of carboxylic acids is 1. The second kappa shape index (κ2) is 8.83. The fraction of sp³-hybridized carbons (Fsp3) is 0.100. The molecule has 1 aliphatic rings. The van der Waals surface area contributed by atoms with E-state index in [1.807, 2.05) is 0 Å². The molecule has 7 nitrogen and oxygen atoms in total. The number of benzene rings is 2. The smallest absolute Gasteiger partial charge is 0.270 e. The maximum atomic E-state index is 13.0. The minimum Gasteiger partial charge on any atom is -0.546 e. The van der Waals surface area contributed by atoms with E-state index < -0.39 is 23.9 Å². The third-order valence-electron chi connectivity index (χ3n) is 4.11. The topological polar surface area (TPSA) is 98.8 Å². The molecule has 3 rings (SSSR count). The molecule has 1 fully saturated rings. The molecule has 1 saturated heterocycles. The molecule has 0 aromatic heterocycles. The molecule has 2 aromatic carbocycles. The van der Waals surface area contributed by atoms with Gasteiger partial charge in [0, 0.05) is 0 Å². The van der Waals surface area contributed by atoms with Crippen molar-refractivity contribution in [1.82, 2.24) is 5.32 Å². The average molecular weight is 464 g/mol. The Labute approximate surface area is 186 Å². The summed E-state index contributed by atoms with van der Waals surface area (Å²) in [4.78, 5) is 37.2. The van der Waals surface area contributed by atoms with Crippen LogP contribution < -0.4 is 20.1 Å². The molecule has 1 N–H and O–H groups in total. The number of carbonyl (C=O) groups is 3. The summed E-state index contributed by atoms with van der Waals surface area (Å²) in [6, 6.07) is 10.9. The number of carboxylic acid groups (broad SMARTS) is 1. The second-order valence-electron chi connectivity index (χ2n) is 6.18. The summed E-state index contributed by atoms with van der Waals surface area (Å²) in [5.74, 6) is -2.38. The predicted molar refractivity (Wildman–Crippen MR) is 114 cm³/mol. The molecule has 1 atom stereocenters. The Morgan fingerprint density at radius 1 is 1.20 bits per heavy atom. The lowest BCUT2D eigenvalue weighted by atomic mass is 10.1. The molecular formula is C20H13Cl2N2O5S-. The zero-order valence-electron chi connectivity index (χ0n) is 15.3. The molecule has 0 saturated carbocycles. The van der Waals surface area contributed by atoms with Gasteiger partial charge in [0.05, 0.1) is 21.7 Å². The standard InChI is InChI=1S/C20H14Cl2N2O5S/c1-10(19(27)28)29-12-7-5-11(6-8-12)9-13-17(25)23-20(30)24(18(13)26)15-4-2-3-14(21)16(15)22/h2-10H,1H3,(H,27,28)(H,23,25,30)/p-1/b13-9+/t10-/m0/s1. The van der Waals surface area contributed by atoms with Gasteiger partial charge in [-0.25, -0.2) is 0 Å². The normalized spacial score (nSPS) is 16.4. The Balaban J connectivity index is 1.91. The number of halogens is 2. The van der Waals surface area contributed by atoms with Crippen molar-refractivity contribution in [2.24, 2.45) is 0 Å². The number of anilines is 1. The largest absolute Gasteiger partial charge is 0.546 e. The first-order valence-corrected chi connectivity index (χ1v) is 9.68. The van der Waals surface area contributed by atoms with E-state index in [0.29, 0.717) is 11.3 Å². The summed E-state index contributed by atoms with van der Waals surface area (Å²) in [6.07, 6.45) is 0.244. The molecule has 1 heterocycles. The lowest BCUT2D eigenvalue weighted by Crippen LogP contribution is -2.54. The van der Waals surface area contributed by atoms with Crippen molar-refractivity contribution in [3.63, 3.8) is 0 Å². The molecule has 154 valence electrons. The van der Waals surface area contributed by atoms with E-state index in [1.54, 1.807) is 30.3 Å². The fourth-order valence-corrected chi connectivity index (χ4v) is 3.26. The van der Waals surface area contributed by atoms with Crippen LogP contribution in [0.25, 0.3) is 6.08 Å². The van der Waals surface area contributed by atoms with Crippen LogP contribution in [0.4, 0.5) is 5.69 Å². The van der Waals surface area contributed by atoms with Crippen LogP contribution >= 0.6 is 35.4 Å². The Morgan fingerprint density at radius 2 is 1.87 bits per heavy atom. The summed E-state index contributed by atoms with van der Waals surface area (Å²) in [6.45, 7) is 1.34. The Hall–Kier alpha value is -2.94. The van der Waals surface area contributed by atoms with E-state index in [0.717, 1.165) is 4.90 Å². The lowest BCUT2D eigenvalue weighted by molar-refractivity contribution is -0.312. The third kappa shape index (κ3) is 4.46. The summed E-state index contributed by atoms with van der Waals surface area (Å²) < 4.78 is 5.19. The van der Waals surface area contributed by atoms with Crippen molar-refractivity contribution >= 4 is 70.1 Å². The monoisotopic (exact) mass is 463 g/mol. The van der Waals surface area contributed by atoms with Gasteiger partial charge >= 0.3 is 0 Å². The average Bonchev–Trinajstić information content (AvgIpc) is 2.69. The molecule has 1 aliphatic heterocycles. The molecule has 0 aliphatic carbocycles. The van der Waals surface area contributed by atoms with Crippen molar-refractivity contribution in [3.8, 4) is 5.75 Å². The Morgan fingerprint density at radius 3 is 2.50 bits per heavy atom. The summed E-state index contributed by atoms with van der Waals surface area (Å²) in [5.41, 5.74) is 0.577. The molecule has 2 amide bonds. The highest BCUT2D eigenvalue weighted by Gasteiger charge is 2.35. The SMILES string of the molecule is C[C@H](Oc1ccc(/C=C2\C(=O)NC(=S)N(c3cccc(Cl)c3Cl)C2=O)cc1)C(=O)[O-]. The minimum absolute atomic E-state index is 0.119. The van der Waals surface area contributed by atoms with Crippen LogP contribution in [-0.2, 0) is 14.4 Å². The van der Waals surface area contributed by atoms with E-state index in [-0.39, 0.29) is 26.4 Å². The second-order valence-corrected chi connectivity index (χ2v) is 7.35. The zero-order valence-corrected chi connectivity index (χ0v) is 17.7. The van der Waals surface area contributed by atoms with Crippen LogP contribution in [-0.4, -0.2) is 29.0 Å². The Bertz CT molecular complexity index is 1090. The van der Waals surface area contributed by atoms with Gasteiger partial charge in [-0.15, -0.1) is 0 Å². The summed E-state index contributed by atoms with van der Waals surface area (Å²) in [7, 11) is 0. The van der Waals surface area contributed by atoms with Gasteiger partial charge in [0.1, 0.15) is 17.4 Å². The predicted octanol–water partition coefficient (Wildman–Crippen LogP) is 2.34. The number of rotatable bonds is 5. The van der Waals surface area contributed by atoms with Crippen molar-refractivity contribution in [2.45, 2.75) is 13.0 Å². The number of hydrogen-bond donors (Lipinski definition) is 1. The number of amides is 2. The van der Waals surface area contributed by atoms with Gasteiger partial charge < -0.3 is 14.6 Å². The van der Waals surface area contributed by atoms with Gasteiger partial charge in [0.2, 0.25) is 0 Å². The van der Waals surface area contributed by atoms with Crippen molar-refractivity contribution in [3.05, 3.63) is 63.6 Å². The highest BCUT2D eigenvalue weighted by molar-refractivity contribution is 7.80. The molecule has 0 bridgehead atoms. The third-order valence-corrected chi connectivity index (χ3v) is 5.20. The van der Waals surface area contributed by atoms with Gasteiger partial charge in [-0.2, -0.15) is 0 Å². The summed E-state index contributed by atoms with van der Waals surface area (Å²) >= 11 is 17.4. The van der Waals surface area contributed by atoms with Crippen LogP contribution in [0, 0.1) is 0 Å². The zero-order chi connectivity index (χ0) is 22.0. The molecule has 30 heavy (non-hydrogen) atoms. The maximum Gasteiger partial charge on any atom is 0.270 e. The van der Waals surface area contributed by atoms with E-state index in [1.165, 1.54) is 25.1 Å². The van der Waals surface area contributed by atoms with Crippen molar-refractivity contribution in [2.75, 3.05) is 4.90 Å². The number of nitrogens with zero attached hydrogens (tertiary/aromatic N) is 1. The van der Waals surface area contributed by atoms with Crippen LogP contribution in [0.1, 0.15) is 12.5 Å². The molecule has 0 radical (unpaired) electrons. The van der Waals surface area contributed by atoms with Crippen LogP contribution in [0.3, 0.4) is 0 Å². The molecular weight excluding hydrogens is 451 g/mol. The van der Waals surface area contributed by atoms with Gasteiger partial charge in [-0.1, -0.05) is 41.4 Å². The molecule has 10 heteroatoms. The van der Waals surface area contributed by atoms with E-state index in [9.17, 15) is 19.5 Å². The van der Waals surface area contributed by atoms with Gasteiger partial charge in [0.25, 0.3) is 11.8 Å². The van der Waals surface area contributed by atoms with E-state index in [2.05, 4.69) is 5.32 Å². The van der Waals surface area contributed by atoms with E-state index in [4.69, 9.17) is 40.2 Å². The van der Waals surface area contributed by atoms with Crippen molar-refractivity contribution < 1.29 is 24.2 Å².